The molecule has 0 spiro atoms. The van der Waals surface area contributed by atoms with Crippen molar-refractivity contribution in [3.63, 3.8) is 0 Å². The van der Waals surface area contributed by atoms with Gasteiger partial charge in [0.1, 0.15) is 5.75 Å². The zero-order valence-corrected chi connectivity index (χ0v) is 16.4. The van der Waals surface area contributed by atoms with E-state index in [2.05, 4.69) is 32.4 Å². The largest absolute Gasteiger partial charge is 0.433 e. The Morgan fingerprint density at radius 3 is 2.74 bits per heavy atom. The van der Waals surface area contributed by atoms with Crippen LogP contribution in [0, 0.1) is 5.92 Å². The Labute approximate surface area is 166 Å². The average Bonchev–Trinajstić information content (AvgIpc) is 3.10. The van der Waals surface area contributed by atoms with Crippen LogP contribution in [0.2, 0.25) is 10.0 Å². The van der Waals surface area contributed by atoms with E-state index in [1.54, 1.807) is 13.2 Å². The maximum Gasteiger partial charge on any atom is 0.387 e. The molecular formula is C17H21Cl2F2N5O. The SMILES string of the molecule is CN=C(NCc1cc(Cl)cc(Cl)c1OC(F)F)NCC(C)Cn1cccn1. The van der Waals surface area contributed by atoms with Gasteiger partial charge in [-0.3, -0.25) is 9.67 Å². The Kier molecular flexibility index (Phi) is 8.12. The highest BCUT2D eigenvalue weighted by molar-refractivity contribution is 6.35. The van der Waals surface area contributed by atoms with Gasteiger partial charge in [-0.2, -0.15) is 13.9 Å². The van der Waals surface area contributed by atoms with Crippen molar-refractivity contribution in [3.8, 4) is 5.75 Å². The zero-order chi connectivity index (χ0) is 19.8. The molecule has 0 bridgehead atoms. The van der Waals surface area contributed by atoms with Crippen LogP contribution < -0.4 is 15.4 Å². The minimum absolute atomic E-state index is 0.0235. The van der Waals surface area contributed by atoms with Crippen molar-refractivity contribution in [1.29, 1.82) is 0 Å². The highest BCUT2D eigenvalue weighted by atomic mass is 35.5. The molecule has 148 valence electrons. The zero-order valence-electron chi connectivity index (χ0n) is 14.9. The quantitative estimate of drug-likeness (QED) is 0.504. The molecule has 1 unspecified atom stereocenters. The summed E-state index contributed by atoms with van der Waals surface area (Å²) in [5, 5.41) is 10.8. The first-order valence-corrected chi connectivity index (χ1v) is 8.99. The van der Waals surface area contributed by atoms with E-state index in [0.717, 1.165) is 6.54 Å². The number of aliphatic imine (C=N–C) groups is 1. The summed E-state index contributed by atoms with van der Waals surface area (Å²) >= 11 is 11.9. The molecule has 2 rings (SSSR count). The number of nitrogens with zero attached hydrogens (tertiary/aromatic N) is 3. The van der Waals surface area contributed by atoms with Gasteiger partial charge in [-0.05, 0) is 24.1 Å². The van der Waals surface area contributed by atoms with Gasteiger partial charge < -0.3 is 15.4 Å². The lowest BCUT2D eigenvalue weighted by Crippen LogP contribution is -2.39. The summed E-state index contributed by atoms with van der Waals surface area (Å²) in [7, 11) is 1.62. The molecule has 1 heterocycles. The third-order valence-electron chi connectivity index (χ3n) is 3.64. The molecule has 6 nitrogen and oxygen atoms in total. The van der Waals surface area contributed by atoms with E-state index in [1.807, 2.05) is 16.9 Å². The lowest BCUT2D eigenvalue weighted by Gasteiger charge is -2.18. The first-order valence-electron chi connectivity index (χ1n) is 8.23. The van der Waals surface area contributed by atoms with E-state index in [0.29, 0.717) is 29.0 Å². The Hall–Kier alpha value is -2.06. The minimum atomic E-state index is -2.98. The predicted molar refractivity (Wildman–Crippen MR) is 103 cm³/mol. The second-order valence-corrected chi connectivity index (χ2v) is 6.74. The molecule has 1 aromatic carbocycles. The van der Waals surface area contributed by atoms with Crippen molar-refractivity contribution < 1.29 is 13.5 Å². The van der Waals surface area contributed by atoms with Gasteiger partial charge in [-0.25, -0.2) is 0 Å². The van der Waals surface area contributed by atoms with Gasteiger partial charge in [0.05, 0.1) is 5.02 Å². The van der Waals surface area contributed by atoms with E-state index in [1.165, 1.54) is 12.1 Å². The van der Waals surface area contributed by atoms with Gasteiger partial charge >= 0.3 is 6.61 Å². The molecule has 0 radical (unpaired) electrons. The predicted octanol–water partition coefficient (Wildman–Crippen LogP) is 3.79. The molecule has 0 amide bonds. The van der Waals surface area contributed by atoms with Crippen LogP contribution in [0.4, 0.5) is 8.78 Å². The van der Waals surface area contributed by atoms with Crippen LogP contribution in [0.1, 0.15) is 12.5 Å². The van der Waals surface area contributed by atoms with E-state index < -0.39 is 6.61 Å². The number of benzene rings is 1. The van der Waals surface area contributed by atoms with Crippen LogP contribution in [-0.2, 0) is 13.1 Å². The molecule has 27 heavy (non-hydrogen) atoms. The maximum absolute atomic E-state index is 12.6. The summed E-state index contributed by atoms with van der Waals surface area (Å²) in [6.45, 7) is 0.662. The maximum atomic E-state index is 12.6. The fourth-order valence-corrected chi connectivity index (χ4v) is 3.01. The van der Waals surface area contributed by atoms with Gasteiger partial charge in [0.15, 0.2) is 5.96 Å². The van der Waals surface area contributed by atoms with Gasteiger partial charge in [0, 0.05) is 49.7 Å². The molecule has 0 aliphatic rings. The van der Waals surface area contributed by atoms with Crippen molar-refractivity contribution >= 4 is 29.2 Å². The lowest BCUT2D eigenvalue weighted by atomic mass is 10.2. The van der Waals surface area contributed by atoms with Crippen molar-refractivity contribution in [2.75, 3.05) is 13.6 Å². The fourth-order valence-electron chi connectivity index (χ4n) is 2.43. The molecular weight excluding hydrogens is 399 g/mol. The van der Waals surface area contributed by atoms with Crippen LogP contribution in [0.25, 0.3) is 0 Å². The Bertz CT molecular complexity index is 756. The Morgan fingerprint density at radius 2 is 2.11 bits per heavy atom. The third kappa shape index (κ3) is 6.88. The number of alkyl halides is 2. The monoisotopic (exact) mass is 419 g/mol. The Morgan fingerprint density at radius 1 is 1.33 bits per heavy atom. The van der Waals surface area contributed by atoms with Gasteiger partial charge in [-0.1, -0.05) is 30.1 Å². The topological polar surface area (TPSA) is 63.5 Å². The number of aromatic nitrogens is 2. The van der Waals surface area contributed by atoms with Crippen LogP contribution in [0.3, 0.4) is 0 Å². The van der Waals surface area contributed by atoms with E-state index >= 15 is 0 Å². The standard InChI is InChI=1S/C17H21Cl2F2N5O/c1-11(10-26-5-3-4-25-26)8-23-17(22-2)24-9-12-6-13(18)7-14(19)15(12)27-16(20)21/h3-7,11,16H,8-10H2,1-2H3,(H2,22,23,24). The van der Waals surface area contributed by atoms with E-state index in [9.17, 15) is 8.78 Å². The highest BCUT2D eigenvalue weighted by Gasteiger charge is 2.15. The molecule has 1 aromatic heterocycles. The third-order valence-corrected chi connectivity index (χ3v) is 4.14. The molecule has 0 saturated heterocycles. The number of rotatable bonds is 8. The number of hydrogen-bond donors (Lipinski definition) is 2. The van der Waals surface area contributed by atoms with Gasteiger partial charge in [-0.15, -0.1) is 0 Å². The number of nitrogens with one attached hydrogen (secondary N) is 2. The second-order valence-electron chi connectivity index (χ2n) is 5.89. The summed E-state index contributed by atoms with van der Waals surface area (Å²) in [6.07, 6.45) is 3.63. The van der Waals surface area contributed by atoms with E-state index in [4.69, 9.17) is 23.2 Å². The molecule has 0 saturated carbocycles. The highest BCUT2D eigenvalue weighted by Crippen LogP contribution is 2.33. The number of ether oxygens (including phenoxy) is 1. The fraction of sp³-hybridized carbons (Fsp3) is 0.412. The van der Waals surface area contributed by atoms with E-state index in [-0.39, 0.29) is 17.3 Å². The number of guanidine groups is 1. The van der Waals surface area contributed by atoms with Crippen molar-refractivity contribution in [2.24, 2.45) is 10.9 Å². The van der Waals surface area contributed by atoms with Crippen LogP contribution in [0.5, 0.6) is 5.75 Å². The first kappa shape index (κ1) is 21.2. The van der Waals surface area contributed by atoms with Crippen molar-refractivity contribution in [2.45, 2.75) is 26.6 Å². The molecule has 0 aliphatic heterocycles. The average molecular weight is 420 g/mol. The lowest BCUT2D eigenvalue weighted by molar-refractivity contribution is -0.0504. The molecule has 2 aromatic rings. The summed E-state index contributed by atoms with van der Waals surface area (Å²) in [4.78, 5) is 4.12. The summed E-state index contributed by atoms with van der Waals surface area (Å²) < 4.78 is 31.6. The minimum Gasteiger partial charge on any atom is -0.433 e. The summed E-state index contributed by atoms with van der Waals surface area (Å²) in [6, 6.07) is 4.75. The van der Waals surface area contributed by atoms with Crippen molar-refractivity contribution in [3.05, 3.63) is 46.2 Å². The van der Waals surface area contributed by atoms with Gasteiger partial charge in [0.25, 0.3) is 0 Å². The number of halogens is 4. The first-order chi connectivity index (χ1) is 12.9. The molecule has 10 heteroatoms. The molecule has 0 aliphatic carbocycles. The molecule has 0 fully saturated rings. The van der Waals surface area contributed by atoms with Gasteiger partial charge in [0.2, 0.25) is 0 Å². The van der Waals surface area contributed by atoms with Crippen LogP contribution in [0.15, 0.2) is 35.6 Å². The van der Waals surface area contributed by atoms with Crippen LogP contribution in [-0.4, -0.2) is 35.9 Å². The second kappa shape index (κ2) is 10.3. The molecule has 1 atom stereocenters. The Balaban J connectivity index is 1.93. The summed E-state index contributed by atoms with van der Waals surface area (Å²) in [5.41, 5.74) is 0.403. The summed E-state index contributed by atoms with van der Waals surface area (Å²) in [5.74, 6) is 0.703. The van der Waals surface area contributed by atoms with Crippen molar-refractivity contribution in [1.82, 2.24) is 20.4 Å². The van der Waals surface area contributed by atoms with Crippen LogP contribution >= 0.6 is 23.2 Å². The smallest absolute Gasteiger partial charge is 0.387 e. The number of hydrogen-bond acceptors (Lipinski definition) is 3. The normalized spacial score (nSPS) is 12.9. The molecule has 2 N–H and O–H groups in total.